The highest BCUT2D eigenvalue weighted by atomic mass is 32.2. The van der Waals surface area contributed by atoms with Crippen LogP contribution < -0.4 is 11.3 Å². The summed E-state index contributed by atoms with van der Waals surface area (Å²) in [4.78, 5) is 22.1. The Bertz CT molecular complexity index is 740. The van der Waals surface area contributed by atoms with Crippen LogP contribution in [0.2, 0.25) is 0 Å². The zero-order valence-electron chi connectivity index (χ0n) is 11.0. The number of nitro benzene ring substituents is 1. The van der Waals surface area contributed by atoms with Gasteiger partial charge >= 0.3 is 0 Å². The number of aromatic nitrogens is 1. The minimum absolute atomic E-state index is 0.0530. The van der Waals surface area contributed by atoms with E-state index in [1.165, 1.54) is 47.2 Å². The Kier molecular flexibility index (Phi) is 4.49. The van der Waals surface area contributed by atoms with Crippen molar-refractivity contribution in [2.24, 2.45) is 0 Å². The second kappa shape index (κ2) is 6.31. The molecule has 0 bridgehead atoms. The molecule has 2 N–H and O–H groups in total. The van der Waals surface area contributed by atoms with Gasteiger partial charge in [0.25, 0.3) is 11.2 Å². The number of nitrogens with two attached hydrogens (primary N) is 1. The number of hydrogen-bond donors (Lipinski definition) is 1. The van der Waals surface area contributed by atoms with Gasteiger partial charge in [-0.15, -0.1) is 0 Å². The molecule has 0 aliphatic carbocycles. The third kappa shape index (κ3) is 3.76. The monoisotopic (exact) mass is 307 g/mol. The van der Waals surface area contributed by atoms with Gasteiger partial charge in [0.05, 0.1) is 15.7 Å². The number of nitro groups is 1. The van der Waals surface area contributed by atoms with Gasteiger partial charge in [-0.05, 0) is 18.2 Å². The van der Waals surface area contributed by atoms with E-state index in [0.717, 1.165) is 0 Å². The first-order chi connectivity index (χ1) is 9.97. The van der Waals surface area contributed by atoms with E-state index < -0.39 is 15.7 Å². The van der Waals surface area contributed by atoms with Crippen LogP contribution in [-0.2, 0) is 17.3 Å². The van der Waals surface area contributed by atoms with E-state index in [1.54, 1.807) is 0 Å². The van der Waals surface area contributed by atoms with Crippen molar-refractivity contribution in [3.05, 3.63) is 63.1 Å². The van der Waals surface area contributed by atoms with Crippen molar-refractivity contribution in [1.29, 1.82) is 0 Å². The van der Waals surface area contributed by atoms with Crippen LogP contribution in [0.1, 0.15) is 0 Å². The number of anilines is 1. The van der Waals surface area contributed by atoms with E-state index in [2.05, 4.69) is 0 Å². The maximum atomic E-state index is 12.1. The Balaban J connectivity index is 2.06. The first-order valence-electron chi connectivity index (χ1n) is 6.06. The molecule has 1 aromatic carbocycles. The molecule has 0 fully saturated rings. The normalized spacial score (nSPS) is 12.0. The van der Waals surface area contributed by atoms with E-state index in [4.69, 9.17) is 5.73 Å². The average molecular weight is 307 g/mol. The third-order valence-electron chi connectivity index (χ3n) is 2.83. The molecule has 1 atom stereocenters. The van der Waals surface area contributed by atoms with Gasteiger partial charge in [-0.1, -0.05) is 0 Å². The molecule has 0 saturated carbocycles. The van der Waals surface area contributed by atoms with E-state index in [9.17, 15) is 19.1 Å². The first kappa shape index (κ1) is 14.9. The second-order valence-corrected chi connectivity index (χ2v) is 5.87. The largest absolute Gasteiger partial charge is 0.398 e. The minimum atomic E-state index is -1.34. The van der Waals surface area contributed by atoms with Gasteiger partial charge in [0.1, 0.15) is 0 Å². The molecule has 1 heterocycles. The van der Waals surface area contributed by atoms with Crippen molar-refractivity contribution in [3.8, 4) is 0 Å². The van der Waals surface area contributed by atoms with E-state index in [-0.39, 0.29) is 23.5 Å². The lowest BCUT2D eigenvalue weighted by Gasteiger charge is -2.06. The van der Waals surface area contributed by atoms with Crippen molar-refractivity contribution < 1.29 is 9.13 Å². The van der Waals surface area contributed by atoms with Gasteiger partial charge in [0.15, 0.2) is 0 Å². The first-order valence-corrected chi connectivity index (χ1v) is 7.38. The maximum Gasteiger partial charge on any atom is 0.269 e. The number of aryl methyl sites for hydroxylation is 1. The lowest BCUT2D eigenvalue weighted by Crippen LogP contribution is -2.21. The fourth-order valence-corrected chi connectivity index (χ4v) is 2.78. The Labute approximate surface area is 122 Å². The summed E-state index contributed by atoms with van der Waals surface area (Å²) in [7, 11) is -1.34. The topological polar surface area (TPSA) is 108 Å². The summed E-state index contributed by atoms with van der Waals surface area (Å²) in [6.45, 7) is 0.257. The number of hydrogen-bond acceptors (Lipinski definition) is 5. The van der Waals surface area contributed by atoms with Gasteiger partial charge in [0.2, 0.25) is 0 Å². The maximum absolute atomic E-state index is 12.1. The van der Waals surface area contributed by atoms with E-state index >= 15 is 0 Å². The third-order valence-corrected chi connectivity index (χ3v) is 4.19. The molecule has 0 saturated heterocycles. The van der Waals surface area contributed by atoms with Crippen molar-refractivity contribution >= 4 is 22.2 Å². The fraction of sp³-hybridized carbons (Fsp3) is 0.154. The zero-order valence-corrected chi connectivity index (χ0v) is 11.8. The molecule has 21 heavy (non-hydrogen) atoms. The standard InChI is InChI=1S/C13H13N3O4S/c14-10-1-6-13(17)15(9-10)7-8-21(20)12-4-2-11(3-5-12)16(18)19/h1-6,9H,7-8,14H2. The lowest BCUT2D eigenvalue weighted by atomic mass is 10.3. The molecule has 1 aromatic heterocycles. The summed E-state index contributed by atoms with van der Waals surface area (Å²) >= 11 is 0. The van der Waals surface area contributed by atoms with Crippen LogP contribution in [0.25, 0.3) is 0 Å². The predicted octanol–water partition coefficient (Wildman–Crippen LogP) is 1.15. The molecule has 0 aliphatic heterocycles. The number of pyridine rings is 1. The van der Waals surface area contributed by atoms with Crippen LogP contribution in [0.4, 0.5) is 11.4 Å². The molecular weight excluding hydrogens is 294 g/mol. The van der Waals surface area contributed by atoms with Crippen LogP contribution in [0.5, 0.6) is 0 Å². The van der Waals surface area contributed by atoms with Crippen molar-refractivity contribution in [2.45, 2.75) is 11.4 Å². The van der Waals surface area contributed by atoms with Crippen molar-refractivity contribution in [1.82, 2.24) is 4.57 Å². The number of nitrogen functional groups attached to an aromatic ring is 1. The fourth-order valence-electron chi connectivity index (χ4n) is 1.74. The highest BCUT2D eigenvalue weighted by molar-refractivity contribution is 7.85. The second-order valence-electron chi connectivity index (χ2n) is 4.29. The highest BCUT2D eigenvalue weighted by Crippen LogP contribution is 2.14. The summed E-state index contributed by atoms with van der Waals surface area (Å²) < 4.78 is 13.5. The summed E-state index contributed by atoms with van der Waals surface area (Å²) in [5.74, 6) is 0.223. The molecule has 2 rings (SSSR count). The summed E-state index contributed by atoms with van der Waals surface area (Å²) in [6.07, 6.45) is 1.50. The van der Waals surface area contributed by atoms with Gasteiger partial charge in [-0.2, -0.15) is 0 Å². The van der Waals surface area contributed by atoms with E-state index in [1.807, 2.05) is 0 Å². The molecule has 7 nitrogen and oxygen atoms in total. The molecule has 0 amide bonds. The highest BCUT2D eigenvalue weighted by Gasteiger charge is 2.09. The number of nitrogens with zero attached hydrogens (tertiary/aromatic N) is 2. The van der Waals surface area contributed by atoms with Crippen LogP contribution in [0.15, 0.2) is 52.3 Å². The summed E-state index contributed by atoms with van der Waals surface area (Å²) in [5, 5.41) is 10.5. The number of benzene rings is 1. The quantitative estimate of drug-likeness (QED) is 0.658. The van der Waals surface area contributed by atoms with Gasteiger partial charge in [0, 0.05) is 47.3 Å². The SMILES string of the molecule is Nc1ccc(=O)n(CCS(=O)c2ccc([N+](=O)[O-])cc2)c1. The molecule has 0 spiro atoms. The molecule has 0 aliphatic rings. The van der Waals surface area contributed by atoms with Gasteiger partial charge < -0.3 is 10.3 Å². The Morgan fingerprint density at radius 2 is 1.86 bits per heavy atom. The molecular formula is C13H13N3O4S. The zero-order chi connectivity index (χ0) is 15.4. The van der Waals surface area contributed by atoms with Crippen LogP contribution in [-0.4, -0.2) is 19.5 Å². The van der Waals surface area contributed by atoms with Crippen LogP contribution >= 0.6 is 0 Å². The number of non-ortho nitro benzene ring substituents is 1. The summed E-state index contributed by atoms with van der Waals surface area (Å²) in [6, 6.07) is 8.38. The predicted molar refractivity (Wildman–Crippen MR) is 79.5 cm³/mol. The smallest absolute Gasteiger partial charge is 0.269 e. The van der Waals surface area contributed by atoms with Crippen molar-refractivity contribution in [3.63, 3.8) is 0 Å². The van der Waals surface area contributed by atoms with Crippen LogP contribution in [0, 0.1) is 10.1 Å². The van der Waals surface area contributed by atoms with E-state index in [0.29, 0.717) is 10.6 Å². The average Bonchev–Trinajstić information content (AvgIpc) is 2.48. The Morgan fingerprint density at radius 3 is 2.48 bits per heavy atom. The summed E-state index contributed by atoms with van der Waals surface area (Å²) in [5.41, 5.74) is 5.77. The Morgan fingerprint density at radius 1 is 1.19 bits per heavy atom. The molecule has 2 aromatic rings. The molecule has 0 radical (unpaired) electrons. The molecule has 110 valence electrons. The Hall–Kier alpha value is -2.48. The molecule has 1 unspecified atom stereocenters. The van der Waals surface area contributed by atoms with Gasteiger partial charge in [-0.25, -0.2) is 0 Å². The minimum Gasteiger partial charge on any atom is -0.398 e. The van der Waals surface area contributed by atoms with Crippen LogP contribution in [0.3, 0.4) is 0 Å². The lowest BCUT2D eigenvalue weighted by molar-refractivity contribution is -0.384. The van der Waals surface area contributed by atoms with Crippen molar-refractivity contribution in [2.75, 3.05) is 11.5 Å². The molecule has 8 heteroatoms. The number of rotatable bonds is 5. The van der Waals surface area contributed by atoms with Gasteiger partial charge in [-0.3, -0.25) is 19.1 Å².